The van der Waals surface area contributed by atoms with Crippen LogP contribution in [0.4, 0.5) is 0 Å². The third kappa shape index (κ3) is 2.27. The van der Waals surface area contributed by atoms with Crippen LogP contribution in [0.2, 0.25) is 0 Å². The van der Waals surface area contributed by atoms with Crippen molar-refractivity contribution in [1.82, 2.24) is 14.9 Å². The fourth-order valence-electron chi connectivity index (χ4n) is 2.84. The van der Waals surface area contributed by atoms with Crippen LogP contribution in [0.3, 0.4) is 0 Å². The van der Waals surface area contributed by atoms with Gasteiger partial charge in [0.05, 0.1) is 17.6 Å². The minimum absolute atomic E-state index is 0.689. The highest BCUT2D eigenvalue weighted by Crippen LogP contribution is 2.20. The van der Waals surface area contributed by atoms with E-state index in [-0.39, 0.29) is 0 Å². The lowest BCUT2D eigenvalue weighted by atomic mass is 10.0. The minimum Gasteiger partial charge on any atom is -0.341 e. The van der Waals surface area contributed by atoms with E-state index in [2.05, 4.69) is 46.9 Å². The van der Waals surface area contributed by atoms with Crippen molar-refractivity contribution in [2.24, 2.45) is 0 Å². The van der Waals surface area contributed by atoms with Crippen LogP contribution in [-0.4, -0.2) is 27.5 Å². The molecule has 3 heteroatoms. The summed E-state index contributed by atoms with van der Waals surface area (Å²) in [6.45, 7) is 6.60. The first-order valence-electron chi connectivity index (χ1n) is 6.92. The highest BCUT2D eigenvalue weighted by molar-refractivity contribution is 5.75. The van der Waals surface area contributed by atoms with E-state index in [0.717, 1.165) is 23.4 Å². The number of aromatic amines is 1. The van der Waals surface area contributed by atoms with E-state index in [0.29, 0.717) is 6.04 Å². The van der Waals surface area contributed by atoms with Crippen LogP contribution >= 0.6 is 0 Å². The number of H-pyrrole nitrogens is 1. The number of hydrogen-bond donors (Lipinski definition) is 1. The molecule has 1 aliphatic rings. The van der Waals surface area contributed by atoms with Gasteiger partial charge in [-0.15, -0.1) is 0 Å². The number of aromatic nitrogens is 2. The molecule has 0 saturated carbocycles. The predicted octanol–water partition coefficient (Wildman–Crippen LogP) is 3.25. The molecule has 3 rings (SSSR count). The molecule has 96 valence electrons. The second-order valence-electron chi connectivity index (χ2n) is 5.52. The minimum atomic E-state index is 0.689. The number of imidazole rings is 1. The van der Waals surface area contributed by atoms with Crippen LogP contribution < -0.4 is 0 Å². The maximum absolute atomic E-state index is 4.69. The number of likely N-dealkylation sites (tertiary alicyclic amines) is 1. The Morgan fingerprint density at radius 2 is 2.28 bits per heavy atom. The standard InChI is InChI=1S/C15H21N3/c1-11-6-7-13-14(9-11)17-15(16-13)10-18-8-4-3-5-12(18)2/h6-7,9,12H,3-5,8,10H2,1-2H3,(H,16,17). The number of nitrogens with one attached hydrogen (secondary N) is 1. The first kappa shape index (κ1) is 11.7. The van der Waals surface area contributed by atoms with Gasteiger partial charge in [0.25, 0.3) is 0 Å². The third-order valence-corrected chi connectivity index (χ3v) is 3.98. The summed E-state index contributed by atoms with van der Waals surface area (Å²) in [6.07, 6.45) is 4.01. The van der Waals surface area contributed by atoms with E-state index in [1.807, 2.05) is 0 Å². The van der Waals surface area contributed by atoms with Crippen LogP contribution in [0.5, 0.6) is 0 Å². The van der Waals surface area contributed by atoms with Gasteiger partial charge in [-0.3, -0.25) is 4.90 Å². The molecule has 1 unspecified atom stereocenters. The summed E-state index contributed by atoms with van der Waals surface area (Å²) in [4.78, 5) is 10.7. The molecule has 18 heavy (non-hydrogen) atoms. The number of aryl methyl sites for hydroxylation is 1. The number of fused-ring (bicyclic) bond motifs is 1. The van der Waals surface area contributed by atoms with Crippen LogP contribution in [0.25, 0.3) is 11.0 Å². The molecule has 2 aromatic rings. The summed E-state index contributed by atoms with van der Waals surface area (Å²) >= 11 is 0. The lowest BCUT2D eigenvalue weighted by Gasteiger charge is -2.32. The molecule has 0 radical (unpaired) electrons. The number of benzene rings is 1. The first-order valence-corrected chi connectivity index (χ1v) is 6.92. The molecule has 0 spiro atoms. The molecule has 3 nitrogen and oxygen atoms in total. The Hall–Kier alpha value is -1.35. The highest BCUT2D eigenvalue weighted by atomic mass is 15.2. The van der Waals surface area contributed by atoms with Gasteiger partial charge in [0.1, 0.15) is 5.82 Å². The Bertz CT molecular complexity index is 544. The molecule has 1 N–H and O–H groups in total. The zero-order valence-corrected chi connectivity index (χ0v) is 11.2. The zero-order valence-electron chi connectivity index (χ0n) is 11.2. The highest BCUT2D eigenvalue weighted by Gasteiger charge is 2.19. The van der Waals surface area contributed by atoms with Crippen molar-refractivity contribution in [3.05, 3.63) is 29.6 Å². The number of nitrogens with zero attached hydrogens (tertiary/aromatic N) is 2. The van der Waals surface area contributed by atoms with E-state index in [1.165, 1.54) is 31.4 Å². The third-order valence-electron chi connectivity index (χ3n) is 3.98. The van der Waals surface area contributed by atoms with Gasteiger partial charge in [-0.1, -0.05) is 12.5 Å². The number of rotatable bonds is 2. The van der Waals surface area contributed by atoms with Gasteiger partial charge in [0, 0.05) is 6.04 Å². The summed E-state index contributed by atoms with van der Waals surface area (Å²) in [5.41, 5.74) is 3.53. The van der Waals surface area contributed by atoms with Crippen LogP contribution in [0.1, 0.15) is 37.6 Å². The topological polar surface area (TPSA) is 31.9 Å². The Morgan fingerprint density at radius 1 is 1.39 bits per heavy atom. The Morgan fingerprint density at radius 3 is 3.11 bits per heavy atom. The summed E-state index contributed by atoms with van der Waals surface area (Å²) in [6, 6.07) is 7.08. The van der Waals surface area contributed by atoms with Gasteiger partial charge < -0.3 is 4.98 Å². The van der Waals surface area contributed by atoms with Gasteiger partial charge in [0.15, 0.2) is 0 Å². The van der Waals surface area contributed by atoms with Crippen molar-refractivity contribution >= 4 is 11.0 Å². The van der Waals surface area contributed by atoms with Gasteiger partial charge in [-0.05, 0) is 50.9 Å². The average Bonchev–Trinajstić information content (AvgIpc) is 2.73. The zero-order chi connectivity index (χ0) is 12.5. The fraction of sp³-hybridized carbons (Fsp3) is 0.533. The first-order chi connectivity index (χ1) is 8.72. The van der Waals surface area contributed by atoms with E-state index in [1.54, 1.807) is 0 Å². The Labute approximate surface area is 108 Å². The number of piperidine rings is 1. The van der Waals surface area contributed by atoms with Crippen molar-refractivity contribution in [3.63, 3.8) is 0 Å². The monoisotopic (exact) mass is 243 g/mol. The van der Waals surface area contributed by atoms with E-state index >= 15 is 0 Å². The van der Waals surface area contributed by atoms with E-state index < -0.39 is 0 Å². The number of hydrogen-bond acceptors (Lipinski definition) is 2. The van der Waals surface area contributed by atoms with Gasteiger partial charge in [0.2, 0.25) is 0 Å². The van der Waals surface area contributed by atoms with Crippen molar-refractivity contribution in [3.8, 4) is 0 Å². The lowest BCUT2D eigenvalue weighted by molar-refractivity contribution is 0.149. The average molecular weight is 243 g/mol. The molecule has 2 heterocycles. The van der Waals surface area contributed by atoms with Crippen molar-refractivity contribution in [2.45, 2.75) is 45.7 Å². The smallest absolute Gasteiger partial charge is 0.121 e. The fourth-order valence-corrected chi connectivity index (χ4v) is 2.84. The molecule has 0 amide bonds. The molecule has 1 fully saturated rings. The molecule has 0 aliphatic carbocycles. The molecule has 1 aromatic carbocycles. The second kappa shape index (κ2) is 4.73. The van der Waals surface area contributed by atoms with Crippen molar-refractivity contribution in [2.75, 3.05) is 6.54 Å². The van der Waals surface area contributed by atoms with Gasteiger partial charge >= 0.3 is 0 Å². The molecule has 1 atom stereocenters. The lowest BCUT2D eigenvalue weighted by Crippen LogP contribution is -2.37. The second-order valence-corrected chi connectivity index (χ2v) is 5.52. The van der Waals surface area contributed by atoms with E-state index in [4.69, 9.17) is 0 Å². The predicted molar refractivity (Wildman–Crippen MR) is 74.6 cm³/mol. The van der Waals surface area contributed by atoms with E-state index in [9.17, 15) is 0 Å². The molecule has 0 bridgehead atoms. The van der Waals surface area contributed by atoms with Crippen LogP contribution in [0.15, 0.2) is 18.2 Å². The summed E-state index contributed by atoms with van der Waals surface area (Å²) in [5, 5.41) is 0. The maximum atomic E-state index is 4.69. The normalized spacial score (nSPS) is 21.6. The van der Waals surface area contributed by atoms with Crippen molar-refractivity contribution in [1.29, 1.82) is 0 Å². The van der Waals surface area contributed by atoms with Crippen molar-refractivity contribution < 1.29 is 0 Å². The van der Waals surface area contributed by atoms with Gasteiger partial charge in [-0.25, -0.2) is 4.98 Å². The summed E-state index contributed by atoms with van der Waals surface area (Å²) in [7, 11) is 0. The summed E-state index contributed by atoms with van der Waals surface area (Å²) < 4.78 is 0. The molecular weight excluding hydrogens is 222 g/mol. The maximum Gasteiger partial charge on any atom is 0.121 e. The Kier molecular flexibility index (Phi) is 3.08. The Balaban J connectivity index is 1.81. The summed E-state index contributed by atoms with van der Waals surface area (Å²) in [5.74, 6) is 1.10. The molecule has 1 aromatic heterocycles. The van der Waals surface area contributed by atoms with Gasteiger partial charge in [-0.2, -0.15) is 0 Å². The molecule has 1 saturated heterocycles. The SMILES string of the molecule is Cc1ccc2nc(CN3CCCCC3C)[nH]c2c1. The van der Waals surface area contributed by atoms with Crippen LogP contribution in [-0.2, 0) is 6.54 Å². The largest absolute Gasteiger partial charge is 0.341 e. The molecule has 1 aliphatic heterocycles. The van der Waals surface area contributed by atoms with Crippen LogP contribution in [0, 0.1) is 6.92 Å². The quantitative estimate of drug-likeness (QED) is 0.878. The molecular formula is C15H21N3.